The van der Waals surface area contributed by atoms with E-state index in [9.17, 15) is 18.0 Å². The molecule has 8 nitrogen and oxygen atoms in total. The number of hydrogen-bond donors (Lipinski definition) is 3. The number of anilines is 4. The van der Waals surface area contributed by atoms with Crippen LogP contribution in [-0.4, -0.2) is 46.5 Å². The van der Waals surface area contributed by atoms with Crippen molar-refractivity contribution in [1.29, 1.82) is 0 Å². The zero-order valence-electron chi connectivity index (χ0n) is 15.8. The third kappa shape index (κ3) is 4.03. The van der Waals surface area contributed by atoms with Crippen LogP contribution < -0.4 is 20.9 Å². The second-order valence-corrected chi connectivity index (χ2v) is 7.32. The summed E-state index contributed by atoms with van der Waals surface area (Å²) in [6.45, 7) is 2.05. The van der Waals surface area contributed by atoms with E-state index < -0.39 is 11.7 Å². The first-order chi connectivity index (χ1) is 13.7. The molecule has 2 aromatic rings. The molecule has 3 N–H and O–H groups in total. The van der Waals surface area contributed by atoms with Crippen LogP contribution in [0, 0.1) is 6.92 Å². The molecule has 1 saturated carbocycles. The summed E-state index contributed by atoms with van der Waals surface area (Å²) >= 11 is 0. The first kappa shape index (κ1) is 19.2. The van der Waals surface area contributed by atoms with E-state index in [2.05, 4.69) is 30.9 Å². The van der Waals surface area contributed by atoms with Gasteiger partial charge in [0.25, 0.3) is 0 Å². The maximum absolute atomic E-state index is 12.6. The summed E-state index contributed by atoms with van der Waals surface area (Å²) in [5.41, 5.74) is 0.536. The summed E-state index contributed by atoms with van der Waals surface area (Å²) < 4.78 is 37.8. The highest BCUT2D eigenvalue weighted by molar-refractivity contribution is 6.00. The summed E-state index contributed by atoms with van der Waals surface area (Å²) in [5, 5.41) is 9.20. The standard InChI is InChI=1S/C18H20F3N7O/c1-9-15-16(28(2)8-14(29)26-15)27-17(23-9)25-12-5-11(6-12)24-13-4-3-10(7-22-13)18(19,20)21/h3-4,7,11-12H,5-6,8H2,1-2H3,(H,22,24)(H,26,29)(H,23,25,27). The van der Waals surface area contributed by atoms with E-state index in [1.807, 2.05) is 6.92 Å². The third-order valence-electron chi connectivity index (χ3n) is 4.99. The molecule has 1 amide bonds. The molecule has 0 unspecified atom stereocenters. The zero-order chi connectivity index (χ0) is 20.8. The van der Waals surface area contributed by atoms with Gasteiger partial charge in [-0.05, 0) is 31.9 Å². The number of amides is 1. The highest BCUT2D eigenvalue weighted by Gasteiger charge is 2.33. The van der Waals surface area contributed by atoms with Gasteiger partial charge < -0.3 is 20.9 Å². The number of hydrogen-bond acceptors (Lipinski definition) is 7. The van der Waals surface area contributed by atoms with Gasteiger partial charge in [0.15, 0.2) is 5.82 Å². The highest BCUT2D eigenvalue weighted by Crippen LogP contribution is 2.32. The normalized spacial score (nSPS) is 21.1. The molecule has 1 fully saturated rings. The topological polar surface area (TPSA) is 95.1 Å². The fraction of sp³-hybridized carbons (Fsp3) is 0.444. The van der Waals surface area contributed by atoms with Gasteiger partial charge in [0, 0.05) is 25.3 Å². The Morgan fingerprint density at radius 2 is 1.90 bits per heavy atom. The lowest BCUT2D eigenvalue weighted by Crippen LogP contribution is -2.44. The molecule has 4 rings (SSSR count). The molecule has 29 heavy (non-hydrogen) atoms. The van der Waals surface area contributed by atoms with Crippen LogP contribution in [0.1, 0.15) is 24.1 Å². The predicted octanol–water partition coefficient (Wildman–Crippen LogP) is 2.64. The summed E-state index contributed by atoms with van der Waals surface area (Å²) in [6.07, 6.45) is -2.04. The van der Waals surface area contributed by atoms with Crippen LogP contribution in [0.25, 0.3) is 0 Å². The van der Waals surface area contributed by atoms with Gasteiger partial charge in [-0.2, -0.15) is 18.2 Å². The monoisotopic (exact) mass is 407 g/mol. The summed E-state index contributed by atoms with van der Waals surface area (Å²) in [6, 6.07) is 2.60. The molecule has 3 heterocycles. The Bertz CT molecular complexity index is 926. The summed E-state index contributed by atoms with van der Waals surface area (Å²) in [5.74, 6) is 1.47. The van der Waals surface area contributed by atoms with Crippen LogP contribution in [0.3, 0.4) is 0 Å². The van der Waals surface area contributed by atoms with E-state index >= 15 is 0 Å². The first-order valence-corrected chi connectivity index (χ1v) is 9.15. The lowest BCUT2D eigenvalue weighted by molar-refractivity contribution is -0.137. The lowest BCUT2D eigenvalue weighted by atomic mass is 9.87. The number of fused-ring (bicyclic) bond motifs is 1. The predicted molar refractivity (Wildman–Crippen MR) is 102 cm³/mol. The van der Waals surface area contributed by atoms with E-state index in [1.54, 1.807) is 11.9 Å². The van der Waals surface area contributed by atoms with Crippen molar-refractivity contribution in [3.05, 3.63) is 29.6 Å². The Labute approximate surface area is 164 Å². The Balaban J connectivity index is 1.34. The van der Waals surface area contributed by atoms with E-state index in [0.29, 0.717) is 29.0 Å². The summed E-state index contributed by atoms with van der Waals surface area (Å²) in [7, 11) is 1.80. The molecule has 0 aromatic carbocycles. The molecular weight excluding hydrogens is 387 g/mol. The highest BCUT2D eigenvalue weighted by atomic mass is 19.4. The Kier molecular flexibility index (Phi) is 4.67. The van der Waals surface area contributed by atoms with Crippen LogP contribution >= 0.6 is 0 Å². The average Bonchev–Trinajstić information content (AvgIpc) is 2.60. The molecule has 1 aliphatic heterocycles. The molecule has 1 aliphatic carbocycles. The van der Waals surface area contributed by atoms with Crippen molar-refractivity contribution in [2.75, 3.05) is 34.4 Å². The number of aromatic nitrogens is 3. The molecule has 154 valence electrons. The van der Waals surface area contributed by atoms with E-state index in [1.165, 1.54) is 6.07 Å². The Morgan fingerprint density at radius 3 is 2.55 bits per heavy atom. The number of carbonyl (C=O) groups is 1. The number of alkyl halides is 3. The minimum atomic E-state index is -4.39. The largest absolute Gasteiger partial charge is 0.417 e. The Morgan fingerprint density at radius 1 is 1.17 bits per heavy atom. The van der Waals surface area contributed by atoms with Crippen molar-refractivity contribution in [2.45, 2.75) is 38.0 Å². The van der Waals surface area contributed by atoms with Crippen LogP contribution in [0.2, 0.25) is 0 Å². The molecule has 2 aromatic heterocycles. The SMILES string of the molecule is Cc1nc(NC2CC(Nc3ccc(C(F)(F)F)cn3)C2)nc2c1NC(=O)CN2C. The van der Waals surface area contributed by atoms with Crippen LogP contribution in [0.15, 0.2) is 18.3 Å². The van der Waals surface area contributed by atoms with Gasteiger partial charge in [-0.3, -0.25) is 4.79 Å². The van der Waals surface area contributed by atoms with Crippen molar-refractivity contribution in [1.82, 2.24) is 15.0 Å². The average molecular weight is 407 g/mol. The first-order valence-electron chi connectivity index (χ1n) is 9.15. The van der Waals surface area contributed by atoms with E-state index in [0.717, 1.165) is 25.1 Å². The lowest BCUT2D eigenvalue weighted by Gasteiger charge is -2.37. The van der Waals surface area contributed by atoms with Gasteiger partial charge >= 0.3 is 6.18 Å². The van der Waals surface area contributed by atoms with Crippen LogP contribution in [0.4, 0.5) is 36.4 Å². The fourth-order valence-electron chi connectivity index (χ4n) is 3.41. The van der Waals surface area contributed by atoms with Gasteiger partial charge in [0.2, 0.25) is 11.9 Å². The van der Waals surface area contributed by atoms with Gasteiger partial charge in [0.05, 0.1) is 17.8 Å². The maximum Gasteiger partial charge on any atom is 0.417 e. The molecule has 11 heteroatoms. The molecule has 0 atom stereocenters. The molecule has 0 radical (unpaired) electrons. The summed E-state index contributed by atoms with van der Waals surface area (Å²) in [4.78, 5) is 26.2. The minimum absolute atomic E-state index is 0.0998. The van der Waals surface area contributed by atoms with Crippen molar-refractivity contribution < 1.29 is 18.0 Å². The van der Waals surface area contributed by atoms with Gasteiger partial charge in [0.1, 0.15) is 11.5 Å². The molecule has 0 saturated heterocycles. The van der Waals surface area contributed by atoms with Gasteiger partial charge in [-0.25, -0.2) is 9.97 Å². The third-order valence-corrected chi connectivity index (χ3v) is 4.99. The van der Waals surface area contributed by atoms with Crippen LogP contribution in [-0.2, 0) is 11.0 Å². The van der Waals surface area contributed by atoms with Crippen molar-refractivity contribution in [2.24, 2.45) is 0 Å². The van der Waals surface area contributed by atoms with E-state index in [-0.39, 0.29) is 24.5 Å². The maximum atomic E-state index is 12.6. The molecule has 0 spiro atoms. The molecule has 0 bridgehead atoms. The number of pyridine rings is 1. The van der Waals surface area contributed by atoms with Crippen molar-refractivity contribution in [3.63, 3.8) is 0 Å². The number of rotatable bonds is 4. The number of aryl methyl sites for hydroxylation is 1. The van der Waals surface area contributed by atoms with Crippen LogP contribution in [0.5, 0.6) is 0 Å². The smallest absolute Gasteiger partial charge is 0.367 e. The number of likely N-dealkylation sites (N-methyl/N-ethyl adjacent to an activating group) is 1. The van der Waals surface area contributed by atoms with Crippen molar-refractivity contribution >= 4 is 29.2 Å². The number of halogens is 3. The van der Waals surface area contributed by atoms with E-state index in [4.69, 9.17) is 0 Å². The van der Waals surface area contributed by atoms with Gasteiger partial charge in [-0.1, -0.05) is 0 Å². The molecular formula is C18H20F3N7O. The number of carbonyl (C=O) groups excluding carboxylic acids is 1. The minimum Gasteiger partial charge on any atom is -0.367 e. The second kappa shape index (κ2) is 7.05. The fourth-order valence-corrected chi connectivity index (χ4v) is 3.41. The quantitative estimate of drug-likeness (QED) is 0.717. The van der Waals surface area contributed by atoms with Crippen molar-refractivity contribution in [3.8, 4) is 0 Å². The number of nitrogens with zero attached hydrogens (tertiary/aromatic N) is 4. The van der Waals surface area contributed by atoms with Gasteiger partial charge in [-0.15, -0.1) is 0 Å². The Hall–Kier alpha value is -3.11. The second-order valence-electron chi connectivity index (χ2n) is 7.32. The zero-order valence-corrected chi connectivity index (χ0v) is 15.8. The molecule has 2 aliphatic rings. The number of nitrogens with one attached hydrogen (secondary N) is 3.